The largest absolute Gasteiger partial charge is 0.283 e. The number of anilines is 1. The van der Waals surface area contributed by atoms with E-state index in [0.29, 0.717) is 5.69 Å². The van der Waals surface area contributed by atoms with Gasteiger partial charge in [0.1, 0.15) is 4.66 Å². The van der Waals surface area contributed by atoms with Crippen molar-refractivity contribution in [2.24, 2.45) is 0 Å². The Morgan fingerprint density at radius 1 is 1.23 bits per heavy atom. The van der Waals surface area contributed by atoms with E-state index < -0.39 is 10.0 Å². The lowest BCUT2D eigenvalue weighted by atomic mass is 10.3. The SMILES string of the molecule is O=S(=O)(CBr)Nc1ccc(Br)cc1. The van der Waals surface area contributed by atoms with Gasteiger partial charge in [-0.05, 0) is 24.3 Å². The molecular formula is C7H7Br2NO2S. The fourth-order valence-electron chi connectivity index (χ4n) is 0.725. The van der Waals surface area contributed by atoms with E-state index in [4.69, 9.17) is 0 Å². The van der Waals surface area contributed by atoms with Crippen LogP contribution in [0.15, 0.2) is 28.7 Å². The van der Waals surface area contributed by atoms with Crippen molar-refractivity contribution in [2.75, 3.05) is 9.38 Å². The maximum atomic E-state index is 11.1. The molecule has 0 radical (unpaired) electrons. The molecule has 13 heavy (non-hydrogen) atoms. The number of nitrogens with one attached hydrogen (secondary N) is 1. The lowest BCUT2D eigenvalue weighted by Crippen LogP contribution is -2.12. The van der Waals surface area contributed by atoms with Crippen LogP contribution in [-0.2, 0) is 10.0 Å². The maximum Gasteiger partial charge on any atom is 0.242 e. The lowest BCUT2D eigenvalue weighted by molar-refractivity contribution is 0.606. The Morgan fingerprint density at radius 2 is 1.77 bits per heavy atom. The Kier molecular flexibility index (Phi) is 3.75. The highest BCUT2D eigenvalue weighted by molar-refractivity contribution is 9.11. The van der Waals surface area contributed by atoms with E-state index in [-0.39, 0.29) is 4.66 Å². The van der Waals surface area contributed by atoms with Crippen molar-refractivity contribution < 1.29 is 8.42 Å². The first-order valence-electron chi connectivity index (χ1n) is 3.35. The van der Waals surface area contributed by atoms with Crippen molar-refractivity contribution in [3.05, 3.63) is 28.7 Å². The molecule has 0 saturated heterocycles. The molecule has 1 rings (SSSR count). The first kappa shape index (κ1) is 11.0. The van der Waals surface area contributed by atoms with Crippen molar-refractivity contribution in [3.8, 4) is 0 Å². The highest BCUT2D eigenvalue weighted by Gasteiger charge is 2.06. The molecule has 0 aliphatic rings. The van der Waals surface area contributed by atoms with Gasteiger partial charge in [-0.15, -0.1) is 0 Å². The van der Waals surface area contributed by atoms with Crippen molar-refractivity contribution in [1.82, 2.24) is 0 Å². The third-order valence-corrected chi connectivity index (χ3v) is 4.43. The summed E-state index contributed by atoms with van der Waals surface area (Å²) in [5, 5.41) is 0. The van der Waals surface area contributed by atoms with Crippen LogP contribution in [0.4, 0.5) is 5.69 Å². The van der Waals surface area contributed by atoms with Gasteiger partial charge in [-0.1, -0.05) is 31.9 Å². The Hall–Kier alpha value is -0.0700. The summed E-state index contributed by atoms with van der Waals surface area (Å²) in [6, 6.07) is 6.91. The van der Waals surface area contributed by atoms with Crippen molar-refractivity contribution in [3.63, 3.8) is 0 Å². The molecule has 0 heterocycles. The smallest absolute Gasteiger partial charge is 0.242 e. The van der Waals surface area contributed by atoms with Crippen LogP contribution >= 0.6 is 31.9 Å². The quantitative estimate of drug-likeness (QED) is 0.867. The zero-order valence-corrected chi connectivity index (χ0v) is 10.5. The molecule has 0 bridgehead atoms. The van der Waals surface area contributed by atoms with Gasteiger partial charge in [-0.2, -0.15) is 0 Å². The fourth-order valence-corrected chi connectivity index (χ4v) is 1.88. The molecule has 0 aromatic heterocycles. The third-order valence-electron chi connectivity index (χ3n) is 1.26. The van der Waals surface area contributed by atoms with Gasteiger partial charge in [0.05, 0.1) is 0 Å². The Morgan fingerprint density at radius 3 is 2.23 bits per heavy atom. The first-order valence-corrected chi connectivity index (χ1v) is 6.92. The molecule has 0 amide bonds. The summed E-state index contributed by atoms with van der Waals surface area (Å²) < 4.78 is 25.4. The zero-order valence-electron chi connectivity index (χ0n) is 6.50. The van der Waals surface area contributed by atoms with Crippen LogP contribution in [0.25, 0.3) is 0 Å². The predicted octanol–water partition coefficient (Wildman–Crippen LogP) is 2.54. The minimum Gasteiger partial charge on any atom is -0.283 e. The number of sulfonamides is 1. The van der Waals surface area contributed by atoms with Crippen LogP contribution in [0.1, 0.15) is 0 Å². The normalized spacial score (nSPS) is 11.2. The zero-order chi connectivity index (χ0) is 9.90. The molecule has 72 valence electrons. The van der Waals surface area contributed by atoms with E-state index in [1.807, 2.05) is 0 Å². The Labute approximate surface area is 93.8 Å². The van der Waals surface area contributed by atoms with E-state index in [1.54, 1.807) is 24.3 Å². The molecule has 0 atom stereocenters. The number of alkyl halides is 1. The highest BCUT2D eigenvalue weighted by atomic mass is 79.9. The second-order valence-electron chi connectivity index (χ2n) is 2.33. The molecule has 0 saturated carbocycles. The molecule has 1 N–H and O–H groups in total. The first-order chi connectivity index (χ1) is 6.03. The molecule has 6 heteroatoms. The number of rotatable bonds is 3. The van der Waals surface area contributed by atoms with Crippen LogP contribution in [0.2, 0.25) is 0 Å². The number of hydrogen-bond donors (Lipinski definition) is 1. The molecule has 0 fully saturated rings. The average Bonchev–Trinajstić information content (AvgIpc) is 2.09. The summed E-state index contributed by atoms with van der Waals surface area (Å²) >= 11 is 6.14. The highest BCUT2D eigenvalue weighted by Crippen LogP contribution is 2.15. The second-order valence-corrected chi connectivity index (χ2v) is 6.27. The van der Waals surface area contributed by atoms with E-state index >= 15 is 0 Å². The van der Waals surface area contributed by atoms with Crippen molar-refractivity contribution in [2.45, 2.75) is 0 Å². The topological polar surface area (TPSA) is 46.2 Å². The number of hydrogen-bond acceptors (Lipinski definition) is 2. The van der Waals surface area contributed by atoms with Gasteiger partial charge in [0.2, 0.25) is 10.0 Å². The van der Waals surface area contributed by atoms with Gasteiger partial charge >= 0.3 is 0 Å². The number of halogens is 2. The van der Waals surface area contributed by atoms with Crippen LogP contribution in [0, 0.1) is 0 Å². The van der Waals surface area contributed by atoms with Crippen LogP contribution in [-0.4, -0.2) is 13.1 Å². The molecule has 0 aliphatic carbocycles. The fraction of sp³-hybridized carbons (Fsp3) is 0.143. The second kappa shape index (κ2) is 4.43. The molecule has 0 unspecified atom stereocenters. The summed E-state index contributed by atoms with van der Waals surface area (Å²) in [4.78, 5) is 0. The summed E-state index contributed by atoms with van der Waals surface area (Å²) in [6.07, 6.45) is 0. The average molecular weight is 329 g/mol. The van der Waals surface area contributed by atoms with Crippen LogP contribution in [0.5, 0.6) is 0 Å². The minimum atomic E-state index is -3.23. The Bertz CT molecular complexity index is 374. The summed E-state index contributed by atoms with van der Waals surface area (Å²) in [6.45, 7) is 0. The summed E-state index contributed by atoms with van der Waals surface area (Å²) in [7, 11) is -3.23. The molecule has 3 nitrogen and oxygen atoms in total. The molecular weight excluding hydrogens is 322 g/mol. The lowest BCUT2D eigenvalue weighted by Gasteiger charge is -2.04. The van der Waals surface area contributed by atoms with E-state index in [2.05, 4.69) is 36.6 Å². The molecule has 1 aromatic rings. The minimum absolute atomic E-state index is 0.101. The van der Waals surface area contributed by atoms with Crippen LogP contribution in [0.3, 0.4) is 0 Å². The van der Waals surface area contributed by atoms with Gasteiger partial charge in [0, 0.05) is 10.2 Å². The molecule has 0 aliphatic heterocycles. The third kappa shape index (κ3) is 3.66. The molecule has 0 spiro atoms. The van der Waals surface area contributed by atoms with Crippen molar-refractivity contribution in [1.29, 1.82) is 0 Å². The van der Waals surface area contributed by atoms with Gasteiger partial charge < -0.3 is 0 Å². The predicted molar refractivity (Wildman–Crippen MR) is 60.5 cm³/mol. The van der Waals surface area contributed by atoms with E-state index in [1.165, 1.54) is 0 Å². The maximum absolute atomic E-state index is 11.1. The van der Waals surface area contributed by atoms with E-state index in [9.17, 15) is 8.42 Å². The van der Waals surface area contributed by atoms with Gasteiger partial charge in [-0.25, -0.2) is 8.42 Å². The summed E-state index contributed by atoms with van der Waals surface area (Å²) in [5.74, 6) is 0. The summed E-state index contributed by atoms with van der Waals surface area (Å²) in [5.41, 5.74) is 0.558. The van der Waals surface area contributed by atoms with Gasteiger partial charge in [-0.3, -0.25) is 4.72 Å². The van der Waals surface area contributed by atoms with Gasteiger partial charge in [0.25, 0.3) is 0 Å². The monoisotopic (exact) mass is 327 g/mol. The van der Waals surface area contributed by atoms with Crippen molar-refractivity contribution >= 4 is 47.6 Å². The Balaban J connectivity index is 2.82. The van der Waals surface area contributed by atoms with Crippen LogP contribution < -0.4 is 4.72 Å². The van der Waals surface area contributed by atoms with Gasteiger partial charge in [0.15, 0.2) is 0 Å². The molecule has 1 aromatic carbocycles. The standard InChI is InChI=1S/C7H7Br2NO2S/c8-5-13(11,12)10-7-3-1-6(9)2-4-7/h1-4,10H,5H2. The number of benzene rings is 1. The van der Waals surface area contributed by atoms with E-state index in [0.717, 1.165) is 4.47 Å².